The second kappa shape index (κ2) is 7.79. The lowest BCUT2D eigenvalue weighted by Gasteiger charge is -2.15. The minimum Gasteiger partial charge on any atom is -0.354 e. The number of aryl methyl sites for hydroxylation is 1. The van der Waals surface area contributed by atoms with E-state index >= 15 is 0 Å². The third-order valence-corrected chi connectivity index (χ3v) is 5.56. The summed E-state index contributed by atoms with van der Waals surface area (Å²) in [6.45, 7) is 0.689. The number of fused-ring (bicyclic) bond motifs is 1. The molecule has 3 rings (SSSR count). The van der Waals surface area contributed by atoms with Crippen molar-refractivity contribution in [2.24, 2.45) is 7.05 Å². The number of anilines is 1. The third-order valence-electron chi connectivity index (χ3n) is 3.39. The number of rotatable bonds is 7. The Bertz CT molecular complexity index is 880. The summed E-state index contributed by atoms with van der Waals surface area (Å²) in [4.78, 5) is 18.0. The van der Waals surface area contributed by atoms with Gasteiger partial charge in [-0.25, -0.2) is 9.37 Å². The van der Waals surface area contributed by atoms with Crippen LogP contribution in [0.15, 0.2) is 29.7 Å². The molecule has 0 saturated carbocycles. The van der Waals surface area contributed by atoms with Crippen molar-refractivity contribution in [2.45, 2.75) is 5.16 Å². The average molecular weight is 380 g/mol. The van der Waals surface area contributed by atoms with Crippen LogP contribution in [-0.4, -0.2) is 51.5 Å². The van der Waals surface area contributed by atoms with Crippen molar-refractivity contribution in [1.82, 2.24) is 25.1 Å². The van der Waals surface area contributed by atoms with E-state index in [1.54, 1.807) is 24.3 Å². The van der Waals surface area contributed by atoms with Crippen LogP contribution in [0.25, 0.3) is 10.2 Å². The van der Waals surface area contributed by atoms with Crippen LogP contribution in [-0.2, 0) is 11.8 Å². The molecule has 0 saturated heterocycles. The average Bonchev–Trinajstić information content (AvgIpc) is 3.19. The number of benzene rings is 1. The first-order chi connectivity index (χ1) is 12.0. The van der Waals surface area contributed by atoms with Gasteiger partial charge in [0.15, 0.2) is 10.3 Å². The summed E-state index contributed by atoms with van der Waals surface area (Å²) >= 11 is 2.89. The first kappa shape index (κ1) is 17.6. The van der Waals surface area contributed by atoms with Crippen molar-refractivity contribution in [3.05, 3.63) is 30.3 Å². The molecule has 0 atom stereocenters. The Morgan fingerprint density at radius 1 is 1.48 bits per heavy atom. The summed E-state index contributed by atoms with van der Waals surface area (Å²) in [6, 6.07) is 4.85. The Labute approximate surface area is 152 Å². The van der Waals surface area contributed by atoms with Crippen LogP contribution < -0.4 is 10.2 Å². The molecule has 1 aromatic carbocycles. The molecule has 0 unspecified atom stereocenters. The Morgan fingerprint density at radius 2 is 2.32 bits per heavy atom. The van der Waals surface area contributed by atoms with Gasteiger partial charge in [-0.15, -0.1) is 10.2 Å². The van der Waals surface area contributed by atoms with Crippen molar-refractivity contribution < 1.29 is 9.18 Å². The molecule has 0 aliphatic carbocycles. The molecule has 0 bridgehead atoms. The number of hydrogen-bond acceptors (Lipinski definition) is 7. The van der Waals surface area contributed by atoms with Crippen molar-refractivity contribution >= 4 is 44.4 Å². The number of para-hydroxylation sites is 1. The van der Waals surface area contributed by atoms with Crippen molar-refractivity contribution in [2.75, 3.05) is 30.8 Å². The molecule has 10 heteroatoms. The number of hydrogen-bond donors (Lipinski definition) is 1. The highest BCUT2D eigenvalue weighted by Crippen LogP contribution is 2.29. The number of thiazole rings is 1. The van der Waals surface area contributed by atoms with Crippen LogP contribution >= 0.6 is 23.1 Å². The smallest absolute Gasteiger partial charge is 0.239 e. The number of halogens is 1. The number of amides is 1. The van der Waals surface area contributed by atoms with E-state index in [2.05, 4.69) is 20.5 Å². The molecular formula is C15H17FN6OS2. The summed E-state index contributed by atoms with van der Waals surface area (Å²) in [5, 5.41) is 12.0. The van der Waals surface area contributed by atoms with Crippen LogP contribution in [0.1, 0.15) is 0 Å². The van der Waals surface area contributed by atoms with Gasteiger partial charge in [0.2, 0.25) is 5.91 Å². The maximum absolute atomic E-state index is 13.7. The highest BCUT2D eigenvalue weighted by Gasteiger charge is 2.13. The molecule has 132 valence electrons. The molecule has 2 heterocycles. The molecule has 7 nitrogen and oxygen atoms in total. The molecule has 0 aliphatic heterocycles. The fourth-order valence-corrected chi connectivity index (χ4v) is 3.82. The van der Waals surface area contributed by atoms with Crippen LogP contribution in [0.4, 0.5) is 9.52 Å². The van der Waals surface area contributed by atoms with E-state index in [-0.39, 0.29) is 18.3 Å². The number of nitrogens with one attached hydrogen (secondary N) is 1. The number of carbonyl (C=O) groups is 1. The van der Waals surface area contributed by atoms with Crippen LogP contribution in [0.3, 0.4) is 0 Å². The van der Waals surface area contributed by atoms with Crippen LogP contribution in [0.2, 0.25) is 0 Å². The molecular weight excluding hydrogens is 363 g/mol. The fraction of sp³-hybridized carbons (Fsp3) is 0.333. The quantitative estimate of drug-likeness (QED) is 0.498. The van der Waals surface area contributed by atoms with Crippen molar-refractivity contribution in [3.8, 4) is 0 Å². The lowest BCUT2D eigenvalue weighted by Crippen LogP contribution is -2.36. The maximum atomic E-state index is 13.7. The van der Waals surface area contributed by atoms with E-state index in [0.29, 0.717) is 22.9 Å². The van der Waals surface area contributed by atoms with Gasteiger partial charge in [0.05, 0.1) is 11.2 Å². The summed E-state index contributed by atoms with van der Waals surface area (Å²) in [7, 11) is 3.64. The largest absolute Gasteiger partial charge is 0.354 e. The molecule has 3 aromatic rings. The molecule has 0 radical (unpaired) electrons. The monoisotopic (exact) mass is 380 g/mol. The minimum atomic E-state index is -0.348. The molecule has 2 aromatic heterocycles. The number of thioether (sulfide) groups is 1. The second-order valence-corrected chi connectivity index (χ2v) is 7.43. The molecule has 1 amide bonds. The van der Waals surface area contributed by atoms with Crippen LogP contribution in [0.5, 0.6) is 0 Å². The SMILES string of the molecule is CN(CC(=O)NCCSc1nncn1C)c1nc2c(F)cccc2s1. The van der Waals surface area contributed by atoms with Gasteiger partial charge in [-0.1, -0.05) is 29.2 Å². The van der Waals surface area contributed by atoms with E-state index in [1.807, 2.05) is 17.7 Å². The van der Waals surface area contributed by atoms with E-state index in [9.17, 15) is 9.18 Å². The zero-order chi connectivity index (χ0) is 17.8. The first-order valence-electron chi connectivity index (χ1n) is 7.54. The summed E-state index contributed by atoms with van der Waals surface area (Å²) in [5.41, 5.74) is 0.342. The van der Waals surface area contributed by atoms with Crippen molar-refractivity contribution in [1.29, 1.82) is 0 Å². The molecule has 0 spiro atoms. The van der Waals surface area contributed by atoms with E-state index < -0.39 is 0 Å². The lowest BCUT2D eigenvalue weighted by atomic mass is 10.3. The number of carbonyl (C=O) groups excluding carboxylic acids is 1. The van der Waals surface area contributed by atoms with Gasteiger partial charge < -0.3 is 14.8 Å². The highest BCUT2D eigenvalue weighted by atomic mass is 32.2. The maximum Gasteiger partial charge on any atom is 0.239 e. The topological polar surface area (TPSA) is 75.9 Å². The fourth-order valence-electron chi connectivity index (χ4n) is 2.14. The Hall–Kier alpha value is -2.20. The summed E-state index contributed by atoms with van der Waals surface area (Å²) in [6.07, 6.45) is 1.64. The standard InChI is InChI=1S/C15H17FN6OS2/c1-21(14-19-13-10(16)4-3-5-11(13)25-14)8-12(23)17-6-7-24-15-20-18-9-22(15)2/h3-5,9H,6-8H2,1-2H3,(H,17,23). The zero-order valence-electron chi connectivity index (χ0n) is 13.8. The van der Waals surface area contributed by atoms with Crippen LogP contribution in [0, 0.1) is 5.82 Å². The van der Waals surface area contributed by atoms with Crippen molar-refractivity contribution in [3.63, 3.8) is 0 Å². The Kier molecular flexibility index (Phi) is 5.49. The molecule has 0 fully saturated rings. The normalized spacial score (nSPS) is 11.0. The van der Waals surface area contributed by atoms with Gasteiger partial charge in [-0.3, -0.25) is 4.79 Å². The lowest BCUT2D eigenvalue weighted by molar-refractivity contribution is -0.119. The van der Waals surface area contributed by atoms with Gasteiger partial charge in [0.1, 0.15) is 17.7 Å². The second-order valence-electron chi connectivity index (χ2n) is 5.36. The van der Waals surface area contributed by atoms with Gasteiger partial charge in [-0.05, 0) is 12.1 Å². The number of nitrogens with zero attached hydrogens (tertiary/aromatic N) is 5. The van der Waals surface area contributed by atoms with Gasteiger partial charge in [-0.2, -0.15) is 0 Å². The predicted octanol–water partition coefficient (Wildman–Crippen LogP) is 1.91. The Morgan fingerprint density at radius 3 is 3.04 bits per heavy atom. The number of likely N-dealkylation sites (N-methyl/N-ethyl adjacent to an activating group) is 1. The van der Waals surface area contributed by atoms with Gasteiger partial charge in [0.25, 0.3) is 0 Å². The Balaban J connectivity index is 1.48. The third kappa shape index (κ3) is 4.26. The van der Waals surface area contributed by atoms with Gasteiger partial charge >= 0.3 is 0 Å². The molecule has 0 aliphatic rings. The number of aromatic nitrogens is 4. The zero-order valence-corrected chi connectivity index (χ0v) is 15.4. The van der Waals surface area contributed by atoms with Gasteiger partial charge in [0, 0.05) is 26.4 Å². The first-order valence-corrected chi connectivity index (χ1v) is 9.34. The predicted molar refractivity (Wildman–Crippen MR) is 97.6 cm³/mol. The van der Waals surface area contributed by atoms with E-state index in [4.69, 9.17) is 0 Å². The molecule has 25 heavy (non-hydrogen) atoms. The summed E-state index contributed by atoms with van der Waals surface area (Å²) in [5.74, 6) is 0.244. The highest BCUT2D eigenvalue weighted by molar-refractivity contribution is 7.99. The summed E-state index contributed by atoms with van der Waals surface area (Å²) < 4.78 is 16.3. The van der Waals surface area contributed by atoms with E-state index in [0.717, 1.165) is 9.86 Å². The molecule has 1 N–H and O–H groups in total. The van der Waals surface area contributed by atoms with E-state index in [1.165, 1.54) is 29.2 Å². The minimum absolute atomic E-state index is 0.110.